The van der Waals surface area contributed by atoms with Crippen molar-refractivity contribution in [2.75, 3.05) is 0 Å². The molecule has 0 spiro atoms. The fourth-order valence-electron chi connectivity index (χ4n) is 0. The topological polar surface area (TPSA) is 138 Å². The van der Waals surface area contributed by atoms with E-state index >= 15 is 0 Å². The maximum absolute atomic E-state index is 9.08. The van der Waals surface area contributed by atoms with Gasteiger partial charge in [-0.2, -0.15) is 0 Å². The molecule has 0 saturated carbocycles. The van der Waals surface area contributed by atoms with Gasteiger partial charge in [-0.05, 0) is 0 Å². The first-order valence-corrected chi connectivity index (χ1v) is 1.47. The van der Waals surface area contributed by atoms with Crippen LogP contribution >= 0.6 is 0 Å². The van der Waals surface area contributed by atoms with E-state index < -0.39 is 11.9 Å². The predicted molar refractivity (Wildman–Crippen MR) is 17.0 cm³/mol. The third-order valence-corrected chi connectivity index (χ3v) is 0.375. The molecule has 0 bridgehead atoms. The molecular weight excluding hydrogens is 538 g/mol. The van der Waals surface area contributed by atoms with Gasteiger partial charge < -0.3 is 42.6 Å². The van der Waals surface area contributed by atoms with Crippen LogP contribution in [0.1, 0.15) is 0 Å². The smallest absolute Gasteiger partial charge is 0.879 e. The first-order valence-electron chi connectivity index (χ1n) is 1.47. The zero-order valence-corrected chi connectivity index (χ0v) is 11.3. The van der Waals surface area contributed by atoms with Gasteiger partial charge in [0, 0.05) is 0 Å². The van der Waals surface area contributed by atoms with E-state index in [9.17, 15) is 0 Å². The molecule has 0 N–H and O–H groups in total. The van der Waals surface area contributed by atoms with Crippen molar-refractivity contribution in [1.82, 2.24) is 0 Å². The monoisotopic (exact) mass is 538 g/mol. The van der Waals surface area contributed by atoms with Crippen LogP contribution in [0.4, 0.5) is 0 Å². The Morgan fingerprint density at radius 2 is 0.600 bits per heavy atom. The van der Waals surface area contributed by atoms with Gasteiger partial charge in [-0.15, -0.1) is 0 Å². The zero-order valence-electron chi connectivity index (χ0n) is 4.34. The average molecular weight is 538 g/mol. The zero-order chi connectivity index (χ0) is 7.00. The molecular formula is C2Bi2O6. The van der Waals surface area contributed by atoms with Crippen molar-refractivity contribution < 1.29 is 30.6 Å². The van der Waals surface area contributed by atoms with E-state index in [1.54, 1.807) is 0 Å². The molecule has 54 valence electrons. The van der Waals surface area contributed by atoms with E-state index in [0.717, 1.165) is 0 Å². The Morgan fingerprint density at radius 3 is 0.600 bits per heavy atom. The number of hydrogen-bond donors (Lipinski definition) is 0. The molecule has 0 saturated heterocycles. The molecule has 0 aliphatic heterocycles. The number of hydrogen-bond acceptors (Lipinski definition) is 6. The van der Waals surface area contributed by atoms with E-state index in [-0.39, 0.29) is 52.4 Å². The summed E-state index contributed by atoms with van der Waals surface area (Å²) >= 11 is 0. The average Bonchev–Trinajstić information content (AvgIpc) is 1.25. The van der Waals surface area contributed by atoms with Crippen molar-refractivity contribution in [2.45, 2.75) is 11.9 Å². The first-order chi connectivity index (χ1) is 3.25. The summed E-state index contributed by atoms with van der Waals surface area (Å²) < 4.78 is 0. The van der Waals surface area contributed by atoms with Gasteiger partial charge in [-0.1, -0.05) is 0 Å². The quantitative estimate of drug-likeness (QED) is 0.240. The van der Waals surface area contributed by atoms with Crippen LogP contribution in [0.5, 0.6) is 0 Å². The maximum Gasteiger partial charge on any atom is 3.00 e. The Balaban J connectivity index is -0.000000245. The van der Waals surface area contributed by atoms with E-state index in [4.69, 9.17) is 30.6 Å². The Morgan fingerprint density at radius 1 is 0.500 bits per heavy atom. The SMILES string of the molecule is [Bi+3].[Bi+3].[O-]C([O-])([O-])C([O-])([O-])[O-]. The Labute approximate surface area is 94.4 Å². The van der Waals surface area contributed by atoms with Gasteiger partial charge in [0.1, 0.15) is 0 Å². The molecule has 10 heavy (non-hydrogen) atoms. The Hall–Kier alpha value is 1.53. The van der Waals surface area contributed by atoms with Crippen molar-refractivity contribution >= 4 is 52.4 Å². The molecule has 0 aliphatic rings. The normalized spacial score (nSPS) is 11.4. The molecule has 8 heteroatoms. The predicted octanol–water partition coefficient (Wildman–Crippen LogP) is -8.31. The summed E-state index contributed by atoms with van der Waals surface area (Å²) in [6.45, 7) is 0. The maximum atomic E-state index is 9.08. The van der Waals surface area contributed by atoms with E-state index in [0.29, 0.717) is 0 Å². The second-order valence-corrected chi connectivity index (χ2v) is 1.11. The molecule has 4 radical (unpaired) electrons. The van der Waals surface area contributed by atoms with Crippen molar-refractivity contribution in [2.24, 2.45) is 0 Å². The minimum Gasteiger partial charge on any atom is -0.879 e. The van der Waals surface area contributed by atoms with Crippen molar-refractivity contribution in [3.63, 3.8) is 0 Å². The second kappa shape index (κ2) is 5.22. The summed E-state index contributed by atoms with van der Waals surface area (Å²) in [5.74, 6) is -9.96. The third-order valence-electron chi connectivity index (χ3n) is 0.375. The molecule has 0 aromatic carbocycles. The number of rotatable bonds is 1. The summed E-state index contributed by atoms with van der Waals surface area (Å²) in [6, 6.07) is 0. The molecule has 0 aromatic rings. The fourth-order valence-corrected chi connectivity index (χ4v) is 0. The van der Waals surface area contributed by atoms with Crippen molar-refractivity contribution in [3.8, 4) is 0 Å². The van der Waals surface area contributed by atoms with Crippen LogP contribution in [-0.2, 0) is 0 Å². The van der Waals surface area contributed by atoms with Crippen LogP contribution in [0.2, 0.25) is 0 Å². The Bertz CT molecular complexity index is 68.7. The van der Waals surface area contributed by atoms with E-state index in [1.165, 1.54) is 0 Å². The summed E-state index contributed by atoms with van der Waals surface area (Å²) in [5.41, 5.74) is 0. The molecule has 0 amide bonds. The Kier molecular flexibility index (Phi) is 9.17. The second-order valence-electron chi connectivity index (χ2n) is 1.11. The van der Waals surface area contributed by atoms with Gasteiger partial charge >= 0.3 is 52.4 Å². The summed E-state index contributed by atoms with van der Waals surface area (Å²) in [6.07, 6.45) is 0. The van der Waals surface area contributed by atoms with Crippen molar-refractivity contribution in [3.05, 3.63) is 0 Å². The standard InChI is InChI=1S/C2O6.2Bi/c3-1(4,5)2(6,7)8;;/q-6;2*+3. The van der Waals surface area contributed by atoms with Crippen molar-refractivity contribution in [1.29, 1.82) is 0 Å². The van der Waals surface area contributed by atoms with Crippen LogP contribution in [0.15, 0.2) is 0 Å². The van der Waals surface area contributed by atoms with Gasteiger partial charge in [0.25, 0.3) is 0 Å². The minimum absolute atomic E-state index is 0. The van der Waals surface area contributed by atoms with E-state index in [1.807, 2.05) is 0 Å². The van der Waals surface area contributed by atoms with Gasteiger partial charge in [0.05, 0.1) is 0 Å². The molecule has 0 atom stereocenters. The van der Waals surface area contributed by atoms with Crippen LogP contribution in [0.25, 0.3) is 0 Å². The van der Waals surface area contributed by atoms with Crippen LogP contribution in [0.3, 0.4) is 0 Å². The van der Waals surface area contributed by atoms with Gasteiger partial charge in [-0.3, -0.25) is 0 Å². The van der Waals surface area contributed by atoms with Gasteiger partial charge in [0.15, 0.2) is 0 Å². The fraction of sp³-hybridized carbons (Fsp3) is 1.00. The van der Waals surface area contributed by atoms with Crippen LogP contribution in [0, 0.1) is 0 Å². The van der Waals surface area contributed by atoms with Crippen LogP contribution in [-0.4, -0.2) is 64.4 Å². The molecule has 0 fully saturated rings. The summed E-state index contributed by atoms with van der Waals surface area (Å²) in [4.78, 5) is 0. The summed E-state index contributed by atoms with van der Waals surface area (Å²) in [7, 11) is 0. The largest absolute Gasteiger partial charge is 3.00 e. The molecule has 0 aliphatic carbocycles. The molecule has 6 nitrogen and oxygen atoms in total. The van der Waals surface area contributed by atoms with Crippen LogP contribution < -0.4 is 30.6 Å². The minimum atomic E-state index is -4.98. The first kappa shape index (κ1) is 17.6. The molecule has 0 rings (SSSR count). The third kappa shape index (κ3) is 6.25. The summed E-state index contributed by atoms with van der Waals surface area (Å²) in [5, 5.41) is 54.5. The van der Waals surface area contributed by atoms with E-state index in [2.05, 4.69) is 0 Å². The van der Waals surface area contributed by atoms with Gasteiger partial charge in [0.2, 0.25) is 0 Å². The molecule has 0 heterocycles. The molecule has 0 unspecified atom stereocenters. The van der Waals surface area contributed by atoms with Gasteiger partial charge in [-0.25, -0.2) is 0 Å². The molecule has 0 aromatic heterocycles.